The minimum Gasteiger partial charge on any atom is -0.495 e. The molecule has 0 spiro atoms. The van der Waals surface area contributed by atoms with Gasteiger partial charge in [-0.2, -0.15) is 0 Å². The highest BCUT2D eigenvalue weighted by atomic mass is 79.9. The van der Waals surface area contributed by atoms with E-state index in [4.69, 9.17) is 4.74 Å². The predicted molar refractivity (Wildman–Crippen MR) is 55.4 cm³/mol. The molecule has 0 bridgehead atoms. The summed E-state index contributed by atoms with van der Waals surface area (Å²) < 4.78 is 6.04. The van der Waals surface area contributed by atoms with E-state index in [9.17, 15) is 4.79 Å². The molecule has 0 amide bonds. The second-order valence-corrected chi connectivity index (χ2v) is 3.66. The average molecular weight is 243 g/mol. The van der Waals surface area contributed by atoms with Crippen LogP contribution in [0.3, 0.4) is 0 Å². The van der Waals surface area contributed by atoms with Crippen LogP contribution in [-0.2, 0) is 0 Å². The highest BCUT2D eigenvalue weighted by Gasteiger charge is 2.10. The summed E-state index contributed by atoms with van der Waals surface area (Å²) in [6.45, 7) is 3.43. The van der Waals surface area contributed by atoms with Crippen molar-refractivity contribution >= 4 is 21.7 Å². The first-order valence-electron chi connectivity index (χ1n) is 3.92. The third-order valence-corrected chi connectivity index (χ3v) is 2.57. The Kier molecular flexibility index (Phi) is 3.09. The third-order valence-electron chi connectivity index (χ3n) is 1.94. The summed E-state index contributed by atoms with van der Waals surface area (Å²) in [4.78, 5) is 11.2. The molecule has 1 aromatic rings. The van der Waals surface area contributed by atoms with Gasteiger partial charge in [0.15, 0.2) is 5.78 Å². The molecule has 1 rings (SSSR count). The van der Waals surface area contributed by atoms with Gasteiger partial charge >= 0.3 is 0 Å². The lowest BCUT2D eigenvalue weighted by molar-refractivity contribution is 0.101. The van der Waals surface area contributed by atoms with E-state index in [1.165, 1.54) is 0 Å². The zero-order valence-electron chi connectivity index (χ0n) is 7.85. The maximum atomic E-state index is 11.2. The van der Waals surface area contributed by atoms with E-state index < -0.39 is 0 Å². The number of benzene rings is 1. The first-order chi connectivity index (χ1) is 6.07. The van der Waals surface area contributed by atoms with Gasteiger partial charge in [0.05, 0.1) is 11.6 Å². The van der Waals surface area contributed by atoms with Gasteiger partial charge in [0.2, 0.25) is 0 Å². The van der Waals surface area contributed by atoms with Crippen LogP contribution in [0.1, 0.15) is 22.8 Å². The molecule has 2 nitrogen and oxygen atoms in total. The Morgan fingerprint density at radius 1 is 1.46 bits per heavy atom. The monoisotopic (exact) mass is 242 g/mol. The van der Waals surface area contributed by atoms with Gasteiger partial charge in [0, 0.05) is 11.1 Å². The Morgan fingerprint density at radius 3 is 2.54 bits per heavy atom. The number of halogens is 1. The summed E-state index contributed by atoms with van der Waals surface area (Å²) >= 11 is 3.35. The lowest BCUT2D eigenvalue weighted by Crippen LogP contribution is -1.99. The maximum absolute atomic E-state index is 11.2. The van der Waals surface area contributed by atoms with Crippen molar-refractivity contribution in [1.29, 1.82) is 0 Å². The number of carbonyl (C=O) groups is 1. The standard InChI is InChI=1S/C10H11BrO2/c1-6-8(7(2)12)4-5-9(11)10(6)13-3/h4-5H,1-3H3. The molecule has 0 radical (unpaired) electrons. The average Bonchev–Trinajstić information content (AvgIpc) is 2.04. The van der Waals surface area contributed by atoms with E-state index in [1.54, 1.807) is 20.1 Å². The van der Waals surface area contributed by atoms with Crippen LogP contribution in [0.4, 0.5) is 0 Å². The van der Waals surface area contributed by atoms with E-state index >= 15 is 0 Å². The van der Waals surface area contributed by atoms with Crippen molar-refractivity contribution < 1.29 is 9.53 Å². The van der Waals surface area contributed by atoms with Crippen molar-refractivity contribution in [1.82, 2.24) is 0 Å². The van der Waals surface area contributed by atoms with Crippen molar-refractivity contribution in [3.63, 3.8) is 0 Å². The van der Waals surface area contributed by atoms with Crippen LogP contribution >= 0.6 is 15.9 Å². The van der Waals surface area contributed by atoms with E-state index in [2.05, 4.69) is 15.9 Å². The van der Waals surface area contributed by atoms with Crippen molar-refractivity contribution in [2.45, 2.75) is 13.8 Å². The zero-order valence-corrected chi connectivity index (χ0v) is 9.44. The smallest absolute Gasteiger partial charge is 0.160 e. The number of ether oxygens (including phenoxy) is 1. The molecular weight excluding hydrogens is 232 g/mol. The quantitative estimate of drug-likeness (QED) is 0.746. The first-order valence-corrected chi connectivity index (χ1v) is 4.71. The Balaban J connectivity index is 3.35. The summed E-state index contributed by atoms with van der Waals surface area (Å²) in [5.41, 5.74) is 1.59. The molecule has 0 saturated heterocycles. The molecule has 0 fully saturated rings. The molecule has 0 aliphatic carbocycles. The first kappa shape index (κ1) is 10.3. The Labute approximate surface area is 86.0 Å². The van der Waals surface area contributed by atoms with E-state index in [-0.39, 0.29) is 5.78 Å². The molecule has 3 heteroatoms. The number of carbonyl (C=O) groups excluding carboxylic acids is 1. The molecule has 0 atom stereocenters. The van der Waals surface area contributed by atoms with Gasteiger partial charge < -0.3 is 4.74 Å². The number of ketones is 1. The van der Waals surface area contributed by atoms with E-state index in [0.29, 0.717) is 5.56 Å². The minimum absolute atomic E-state index is 0.0586. The normalized spacial score (nSPS) is 9.85. The van der Waals surface area contributed by atoms with E-state index in [0.717, 1.165) is 15.8 Å². The summed E-state index contributed by atoms with van der Waals surface area (Å²) in [6.07, 6.45) is 0. The third kappa shape index (κ3) is 1.91. The van der Waals surface area contributed by atoms with Crippen molar-refractivity contribution in [3.05, 3.63) is 27.7 Å². The van der Waals surface area contributed by atoms with Crippen LogP contribution < -0.4 is 4.74 Å². The van der Waals surface area contributed by atoms with Crippen LogP contribution in [0, 0.1) is 6.92 Å². The molecule has 0 N–H and O–H groups in total. The second kappa shape index (κ2) is 3.92. The minimum atomic E-state index is 0.0586. The van der Waals surface area contributed by atoms with Crippen molar-refractivity contribution in [2.24, 2.45) is 0 Å². The topological polar surface area (TPSA) is 26.3 Å². The van der Waals surface area contributed by atoms with Gasteiger partial charge in [-0.25, -0.2) is 0 Å². The van der Waals surface area contributed by atoms with Gasteiger partial charge in [-0.3, -0.25) is 4.79 Å². The zero-order chi connectivity index (χ0) is 10.0. The molecule has 0 aliphatic rings. The number of hydrogen-bond acceptors (Lipinski definition) is 2. The summed E-state index contributed by atoms with van der Waals surface area (Å²) in [5.74, 6) is 0.788. The predicted octanol–water partition coefficient (Wildman–Crippen LogP) is 2.97. The summed E-state index contributed by atoms with van der Waals surface area (Å²) in [6, 6.07) is 3.62. The molecule has 0 unspecified atom stereocenters. The number of hydrogen-bond donors (Lipinski definition) is 0. The molecule has 0 heterocycles. The second-order valence-electron chi connectivity index (χ2n) is 2.81. The Bertz CT molecular complexity index is 345. The molecule has 1 aromatic carbocycles. The molecule has 13 heavy (non-hydrogen) atoms. The molecule has 0 aliphatic heterocycles. The van der Waals surface area contributed by atoms with Crippen LogP contribution in [0.5, 0.6) is 5.75 Å². The Hall–Kier alpha value is -0.830. The number of Topliss-reactive ketones (excluding diaryl/α,β-unsaturated/α-hetero) is 1. The molecule has 0 aromatic heterocycles. The Morgan fingerprint density at radius 2 is 2.08 bits per heavy atom. The number of rotatable bonds is 2. The summed E-state index contributed by atoms with van der Waals surface area (Å²) in [7, 11) is 1.59. The van der Waals surface area contributed by atoms with Gasteiger partial charge in [-0.1, -0.05) is 0 Å². The van der Waals surface area contributed by atoms with Crippen molar-refractivity contribution in [3.8, 4) is 5.75 Å². The van der Waals surface area contributed by atoms with Crippen LogP contribution in [0.15, 0.2) is 16.6 Å². The van der Waals surface area contributed by atoms with Crippen LogP contribution in [-0.4, -0.2) is 12.9 Å². The SMILES string of the molecule is COc1c(Br)ccc(C(C)=O)c1C. The van der Waals surface area contributed by atoms with Crippen molar-refractivity contribution in [2.75, 3.05) is 7.11 Å². The fourth-order valence-corrected chi connectivity index (χ4v) is 1.88. The fourth-order valence-electron chi connectivity index (χ4n) is 1.29. The van der Waals surface area contributed by atoms with Gasteiger partial charge in [-0.15, -0.1) is 0 Å². The van der Waals surface area contributed by atoms with Gasteiger partial charge in [0.1, 0.15) is 5.75 Å². The largest absolute Gasteiger partial charge is 0.495 e. The van der Waals surface area contributed by atoms with Gasteiger partial charge in [-0.05, 0) is 41.9 Å². The summed E-state index contributed by atoms with van der Waals surface area (Å²) in [5, 5.41) is 0. The van der Waals surface area contributed by atoms with E-state index in [1.807, 2.05) is 13.0 Å². The maximum Gasteiger partial charge on any atom is 0.160 e. The fraction of sp³-hybridized carbons (Fsp3) is 0.300. The highest BCUT2D eigenvalue weighted by molar-refractivity contribution is 9.10. The number of methoxy groups -OCH3 is 1. The molecule has 0 saturated carbocycles. The lowest BCUT2D eigenvalue weighted by atomic mass is 10.1. The van der Waals surface area contributed by atoms with Crippen LogP contribution in [0.25, 0.3) is 0 Å². The van der Waals surface area contributed by atoms with Gasteiger partial charge in [0.25, 0.3) is 0 Å². The lowest BCUT2D eigenvalue weighted by Gasteiger charge is -2.09. The molecule has 70 valence electrons. The molecular formula is C10H11BrO2. The highest BCUT2D eigenvalue weighted by Crippen LogP contribution is 2.30. The van der Waals surface area contributed by atoms with Crippen LogP contribution in [0.2, 0.25) is 0 Å².